The van der Waals surface area contributed by atoms with Crippen LogP contribution in [0.25, 0.3) is 0 Å². The predicted molar refractivity (Wildman–Crippen MR) is 74.9 cm³/mol. The molecule has 0 atom stereocenters. The van der Waals surface area contributed by atoms with E-state index in [4.69, 9.17) is 9.73 Å². The summed E-state index contributed by atoms with van der Waals surface area (Å²) in [5.41, 5.74) is 0. The summed E-state index contributed by atoms with van der Waals surface area (Å²) in [6.45, 7) is 9.15. The molecule has 0 bridgehead atoms. The lowest BCUT2D eigenvalue weighted by Crippen LogP contribution is -2.47. The number of rotatable bonds is 5. The van der Waals surface area contributed by atoms with Crippen LogP contribution in [-0.4, -0.2) is 49.7 Å². The molecule has 2 fully saturated rings. The third kappa shape index (κ3) is 4.16. The Kier molecular flexibility index (Phi) is 5.29. The third-order valence-corrected chi connectivity index (χ3v) is 3.67. The van der Waals surface area contributed by atoms with Gasteiger partial charge in [0, 0.05) is 32.8 Å². The van der Waals surface area contributed by atoms with Gasteiger partial charge in [-0.25, -0.2) is 0 Å². The molecule has 0 unspecified atom stereocenters. The molecule has 0 aromatic carbocycles. The number of hydrogen-bond donors (Lipinski definition) is 1. The summed E-state index contributed by atoms with van der Waals surface area (Å²) >= 11 is 0. The van der Waals surface area contributed by atoms with Crippen molar-refractivity contribution >= 4 is 5.96 Å². The first kappa shape index (κ1) is 13.7. The molecule has 4 nitrogen and oxygen atoms in total. The van der Waals surface area contributed by atoms with Crippen molar-refractivity contribution in [3.05, 3.63) is 0 Å². The van der Waals surface area contributed by atoms with Gasteiger partial charge in [-0.2, -0.15) is 0 Å². The van der Waals surface area contributed by atoms with Crippen LogP contribution >= 0.6 is 0 Å². The Hall–Kier alpha value is -0.770. The van der Waals surface area contributed by atoms with Crippen LogP contribution in [0.1, 0.15) is 39.5 Å². The summed E-state index contributed by atoms with van der Waals surface area (Å²) in [7, 11) is 0. The van der Waals surface area contributed by atoms with Crippen LogP contribution < -0.4 is 5.32 Å². The minimum atomic E-state index is 0.456. The van der Waals surface area contributed by atoms with Gasteiger partial charge in [0.2, 0.25) is 0 Å². The van der Waals surface area contributed by atoms with E-state index in [0.717, 1.165) is 57.5 Å². The van der Waals surface area contributed by atoms with Gasteiger partial charge < -0.3 is 15.0 Å². The zero-order valence-electron chi connectivity index (χ0n) is 11.8. The lowest BCUT2D eigenvalue weighted by molar-refractivity contribution is 0.0264. The number of likely N-dealkylation sites (tertiary alicyclic amines) is 1. The fourth-order valence-electron chi connectivity index (χ4n) is 2.41. The van der Waals surface area contributed by atoms with Crippen molar-refractivity contribution in [2.45, 2.75) is 45.6 Å². The number of nitrogens with zero attached hydrogens (tertiary/aromatic N) is 2. The molecule has 18 heavy (non-hydrogen) atoms. The van der Waals surface area contributed by atoms with Crippen molar-refractivity contribution in [2.24, 2.45) is 10.9 Å². The van der Waals surface area contributed by atoms with Crippen LogP contribution in [0.4, 0.5) is 0 Å². The van der Waals surface area contributed by atoms with Crippen molar-refractivity contribution < 1.29 is 4.74 Å². The van der Waals surface area contributed by atoms with E-state index in [-0.39, 0.29) is 0 Å². The molecule has 1 saturated carbocycles. The lowest BCUT2D eigenvalue weighted by atomic mass is 10.1. The normalized spacial score (nSPS) is 22.3. The van der Waals surface area contributed by atoms with Gasteiger partial charge >= 0.3 is 0 Å². The Morgan fingerprint density at radius 1 is 1.22 bits per heavy atom. The third-order valence-electron chi connectivity index (χ3n) is 3.67. The molecule has 1 aliphatic heterocycles. The average Bonchev–Trinajstić information content (AvgIpc) is 3.20. The first-order valence-corrected chi connectivity index (χ1v) is 7.48. The second kappa shape index (κ2) is 6.98. The van der Waals surface area contributed by atoms with E-state index < -0.39 is 0 Å². The highest BCUT2D eigenvalue weighted by Gasteiger charge is 2.24. The summed E-state index contributed by atoms with van der Waals surface area (Å²) in [6, 6.07) is 0. The summed E-state index contributed by atoms with van der Waals surface area (Å²) in [6.07, 6.45) is 5.45. The van der Waals surface area contributed by atoms with Gasteiger partial charge in [0.05, 0.1) is 6.10 Å². The molecule has 1 aliphatic carbocycles. The molecule has 104 valence electrons. The number of hydrogen-bond acceptors (Lipinski definition) is 2. The van der Waals surface area contributed by atoms with E-state index in [9.17, 15) is 0 Å². The van der Waals surface area contributed by atoms with Crippen LogP contribution in [0.2, 0.25) is 0 Å². The average molecular weight is 253 g/mol. The standard InChI is InChI=1S/C14H27N3O/c1-3-15-14(16-11-12-5-6-12)17-9-7-13(8-10-17)18-4-2/h12-13H,3-11H2,1-2H3,(H,15,16). The maximum absolute atomic E-state index is 5.69. The second-order valence-corrected chi connectivity index (χ2v) is 5.28. The maximum atomic E-state index is 5.69. The minimum absolute atomic E-state index is 0.456. The van der Waals surface area contributed by atoms with Crippen molar-refractivity contribution in [2.75, 3.05) is 32.8 Å². The molecule has 4 heteroatoms. The summed E-state index contributed by atoms with van der Waals surface area (Å²) in [5, 5.41) is 3.42. The highest BCUT2D eigenvalue weighted by Crippen LogP contribution is 2.28. The van der Waals surface area contributed by atoms with Crippen LogP contribution in [0.3, 0.4) is 0 Å². The molecule has 2 rings (SSSR count). The molecular weight excluding hydrogens is 226 g/mol. The fourth-order valence-corrected chi connectivity index (χ4v) is 2.41. The minimum Gasteiger partial charge on any atom is -0.378 e. The van der Waals surface area contributed by atoms with Crippen molar-refractivity contribution in [1.82, 2.24) is 10.2 Å². The maximum Gasteiger partial charge on any atom is 0.193 e. The highest BCUT2D eigenvalue weighted by molar-refractivity contribution is 5.80. The summed E-state index contributed by atoms with van der Waals surface area (Å²) in [4.78, 5) is 7.15. The van der Waals surface area contributed by atoms with Crippen LogP contribution in [-0.2, 0) is 4.74 Å². The monoisotopic (exact) mass is 253 g/mol. The number of piperidine rings is 1. The highest BCUT2D eigenvalue weighted by atomic mass is 16.5. The molecule has 0 amide bonds. The van der Waals surface area contributed by atoms with Gasteiger partial charge in [0.25, 0.3) is 0 Å². The first-order chi connectivity index (χ1) is 8.83. The summed E-state index contributed by atoms with van der Waals surface area (Å²) in [5.74, 6) is 1.97. The van der Waals surface area contributed by atoms with E-state index in [1.165, 1.54) is 12.8 Å². The smallest absolute Gasteiger partial charge is 0.193 e. The van der Waals surface area contributed by atoms with Gasteiger partial charge in [-0.1, -0.05) is 0 Å². The molecular formula is C14H27N3O. The van der Waals surface area contributed by atoms with E-state index in [2.05, 4.69) is 24.1 Å². The Bertz CT molecular complexity index is 268. The van der Waals surface area contributed by atoms with Gasteiger partial charge in [-0.3, -0.25) is 4.99 Å². The molecule has 0 radical (unpaired) electrons. The van der Waals surface area contributed by atoms with Crippen LogP contribution in [0.5, 0.6) is 0 Å². The molecule has 2 aliphatic rings. The van der Waals surface area contributed by atoms with Gasteiger partial charge in [-0.05, 0) is 45.4 Å². The van der Waals surface area contributed by atoms with Crippen LogP contribution in [0, 0.1) is 5.92 Å². The quantitative estimate of drug-likeness (QED) is 0.600. The van der Waals surface area contributed by atoms with Gasteiger partial charge in [-0.15, -0.1) is 0 Å². The Balaban J connectivity index is 1.81. The number of guanidine groups is 1. The van der Waals surface area contributed by atoms with Crippen molar-refractivity contribution in [3.63, 3.8) is 0 Å². The lowest BCUT2D eigenvalue weighted by Gasteiger charge is -2.34. The van der Waals surface area contributed by atoms with Crippen molar-refractivity contribution in [3.8, 4) is 0 Å². The molecule has 1 saturated heterocycles. The SMILES string of the molecule is CCNC(=NCC1CC1)N1CCC(OCC)CC1. The topological polar surface area (TPSA) is 36.9 Å². The largest absolute Gasteiger partial charge is 0.378 e. The Labute approximate surface area is 111 Å². The van der Waals surface area contributed by atoms with Crippen molar-refractivity contribution in [1.29, 1.82) is 0 Å². The van der Waals surface area contributed by atoms with E-state index in [1.807, 2.05) is 0 Å². The molecule has 0 spiro atoms. The van der Waals surface area contributed by atoms with Gasteiger partial charge in [0.1, 0.15) is 0 Å². The molecule has 0 aromatic heterocycles. The Morgan fingerprint density at radius 2 is 1.94 bits per heavy atom. The number of aliphatic imine (C=N–C) groups is 1. The van der Waals surface area contributed by atoms with Crippen LogP contribution in [0.15, 0.2) is 4.99 Å². The zero-order valence-corrected chi connectivity index (χ0v) is 11.8. The number of nitrogens with one attached hydrogen (secondary N) is 1. The Morgan fingerprint density at radius 3 is 2.50 bits per heavy atom. The van der Waals surface area contributed by atoms with Gasteiger partial charge in [0.15, 0.2) is 5.96 Å². The zero-order chi connectivity index (χ0) is 12.8. The molecule has 1 N–H and O–H groups in total. The van der Waals surface area contributed by atoms with E-state index in [1.54, 1.807) is 0 Å². The van der Waals surface area contributed by atoms with E-state index in [0.29, 0.717) is 6.10 Å². The second-order valence-electron chi connectivity index (χ2n) is 5.28. The number of ether oxygens (including phenoxy) is 1. The molecule has 1 heterocycles. The predicted octanol–water partition coefficient (Wildman–Crippen LogP) is 1.86. The molecule has 0 aromatic rings. The summed E-state index contributed by atoms with van der Waals surface area (Å²) < 4.78 is 5.69. The van der Waals surface area contributed by atoms with E-state index >= 15 is 0 Å². The first-order valence-electron chi connectivity index (χ1n) is 7.48. The fraction of sp³-hybridized carbons (Fsp3) is 0.929.